The van der Waals surface area contributed by atoms with E-state index in [1.807, 2.05) is 22.9 Å². The molecule has 0 saturated heterocycles. The van der Waals surface area contributed by atoms with Gasteiger partial charge in [0.25, 0.3) is 0 Å². The Bertz CT molecular complexity index is 1020. The van der Waals surface area contributed by atoms with Crippen LogP contribution in [0.3, 0.4) is 0 Å². The Morgan fingerprint density at radius 1 is 1.26 bits per heavy atom. The lowest BCUT2D eigenvalue weighted by Crippen LogP contribution is -2.32. The highest BCUT2D eigenvalue weighted by atomic mass is 16.5. The van der Waals surface area contributed by atoms with E-state index in [0.717, 1.165) is 21.6 Å². The van der Waals surface area contributed by atoms with Crippen LogP contribution in [0.2, 0.25) is 0 Å². The van der Waals surface area contributed by atoms with Crippen LogP contribution in [0, 0.1) is 0 Å². The lowest BCUT2D eigenvalue weighted by molar-refractivity contribution is 0.111. The molecule has 0 aliphatic heterocycles. The second-order valence-corrected chi connectivity index (χ2v) is 6.11. The molecule has 0 atom stereocenters. The minimum absolute atomic E-state index is 0.138. The summed E-state index contributed by atoms with van der Waals surface area (Å²) in [6, 6.07) is 9.02. The first kappa shape index (κ1) is 18.2. The number of nitrogens with two attached hydrogens (primary N) is 2. The van der Waals surface area contributed by atoms with Crippen molar-refractivity contribution in [1.29, 1.82) is 0 Å². The Labute approximate surface area is 155 Å². The predicted molar refractivity (Wildman–Crippen MR) is 99.9 cm³/mol. The minimum Gasteiger partial charge on any atom is -0.486 e. The van der Waals surface area contributed by atoms with E-state index >= 15 is 0 Å². The summed E-state index contributed by atoms with van der Waals surface area (Å²) < 4.78 is 8.83. The molecule has 9 nitrogen and oxygen atoms in total. The van der Waals surface area contributed by atoms with Gasteiger partial charge in [-0.2, -0.15) is 10.2 Å². The van der Waals surface area contributed by atoms with Crippen molar-refractivity contribution < 1.29 is 9.53 Å². The Kier molecular flexibility index (Phi) is 5.20. The Balaban J connectivity index is 1.94. The number of rotatable bonds is 6. The summed E-state index contributed by atoms with van der Waals surface area (Å²) in [5.74, 6) is 11.4. The van der Waals surface area contributed by atoms with Gasteiger partial charge in [-0.3, -0.25) is 14.5 Å². The smallest absolute Gasteiger partial charge is 0.172 e. The largest absolute Gasteiger partial charge is 0.486 e. The fraction of sp³-hybridized carbons (Fsp3) is 0.222. The van der Waals surface area contributed by atoms with E-state index in [2.05, 4.69) is 29.0 Å². The van der Waals surface area contributed by atoms with Crippen LogP contribution in [0.1, 0.15) is 35.9 Å². The maximum atomic E-state index is 11.4. The van der Waals surface area contributed by atoms with E-state index in [9.17, 15) is 4.79 Å². The molecule has 3 aromatic rings. The van der Waals surface area contributed by atoms with E-state index in [4.69, 9.17) is 16.4 Å². The quantitative estimate of drug-likeness (QED) is 0.383. The van der Waals surface area contributed by atoms with Crippen molar-refractivity contribution in [1.82, 2.24) is 19.4 Å². The molecule has 0 saturated carbocycles. The summed E-state index contributed by atoms with van der Waals surface area (Å²) in [5.41, 5.74) is 2.91. The van der Waals surface area contributed by atoms with Crippen molar-refractivity contribution >= 4 is 6.29 Å². The maximum absolute atomic E-state index is 11.4. The number of aldehydes is 1. The Morgan fingerprint density at radius 2 is 2.07 bits per heavy atom. The summed E-state index contributed by atoms with van der Waals surface area (Å²) in [4.78, 5) is 15.9. The summed E-state index contributed by atoms with van der Waals surface area (Å²) in [5, 5.41) is 7.87. The molecule has 0 aromatic carbocycles. The molecule has 3 heterocycles. The lowest BCUT2D eigenvalue weighted by Gasteiger charge is -2.15. The minimum atomic E-state index is 0.138. The zero-order chi connectivity index (χ0) is 19.4. The van der Waals surface area contributed by atoms with E-state index in [1.54, 1.807) is 24.5 Å². The highest BCUT2D eigenvalue weighted by molar-refractivity contribution is 5.76. The van der Waals surface area contributed by atoms with Gasteiger partial charge in [-0.1, -0.05) is 6.07 Å². The molecular formula is C18H21N7O2. The standard InChI is InChI=1S/C18H21N7O2/c1-12(2)25-14(7-9-22-25)18-13(4-3-8-21-18)11-27-16-5-6-17(23-19)24(20)15(16)10-26/h3-10,12H,11,19-20H2,1-2H3/b23-17-. The first-order valence-electron chi connectivity index (χ1n) is 8.37. The molecular weight excluding hydrogens is 346 g/mol. The number of hydrogen-bond acceptors (Lipinski definition) is 7. The summed E-state index contributed by atoms with van der Waals surface area (Å²) in [6.07, 6.45) is 4.06. The van der Waals surface area contributed by atoms with E-state index < -0.39 is 0 Å². The number of hydrogen-bond donors (Lipinski definition) is 2. The van der Waals surface area contributed by atoms with Gasteiger partial charge in [-0.15, -0.1) is 0 Å². The highest BCUT2D eigenvalue weighted by Gasteiger charge is 2.15. The van der Waals surface area contributed by atoms with Gasteiger partial charge in [0.1, 0.15) is 18.1 Å². The third-order valence-corrected chi connectivity index (χ3v) is 4.06. The number of pyridine rings is 2. The van der Waals surface area contributed by atoms with Crippen molar-refractivity contribution in [2.45, 2.75) is 26.5 Å². The van der Waals surface area contributed by atoms with E-state index in [0.29, 0.717) is 12.0 Å². The molecule has 0 unspecified atom stereocenters. The summed E-state index contributed by atoms with van der Waals surface area (Å²) >= 11 is 0. The maximum Gasteiger partial charge on any atom is 0.172 e. The molecule has 0 fully saturated rings. The number of carbonyl (C=O) groups is 1. The van der Waals surface area contributed by atoms with E-state index in [-0.39, 0.29) is 23.8 Å². The van der Waals surface area contributed by atoms with Crippen molar-refractivity contribution in [2.24, 2.45) is 10.9 Å². The first-order chi connectivity index (χ1) is 13.1. The van der Waals surface area contributed by atoms with Crippen LogP contribution in [0.15, 0.2) is 47.8 Å². The van der Waals surface area contributed by atoms with Crippen LogP contribution < -0.4 is 21.9 Å². The van der Waals surface area contributed by atoms with E-state index in [1.165, 1.54) is 0 Å². The molecule has 0 aliphatic rings. The van der Waals surface area contributed by atoms with Crippen LogP contribution in [0.4, 0.5) is 0 Å². The summed E-state index contributed by atoms with van der Waals surface area (Å²) in [6.45, 7) is 4.30. The molecule has 3 rings (SSSR count). The van der Waals surface area contributed by atoms with Gasteiger partial charge in [0.2, 0.25) is 0 Å². The second kappa shape index (κ2) is 7.73. The molecule has 0 spiro atoms. The van der Waals surface area contributed by atoms with Crippen LogP contribution in [0.5, 0.6) is 5.75 Å². The van der Waals surface area contributed by atoms with Crippen molar-refractivity contribution in [2.75, 3.05) is 5.84 Å². The van der Waals surface area contributed by atoms with Crippen LogP contribution in [0.25, 0.3) is 11.4 Å². The molecule has 0 bridgehead atoms. The third-order valence-electron chi connectivity index (χ3n) is 4.06. The average molecular weight is 367 g/mol. The van der Waals surface area contributed by atoms with Crippen molar-refractivity contribution in [3.63, 3.8) is 0 Å². The number of carbonyl (C=O) groups excluding carboxylic acids is 1. The molecule has 27 heavy (non-hydrogen) atoms. The van der Waals surface area contributed by atoms with Gasteiger partial charge >= 0.3 is 0 Å². The fourth-order valence-electron chi connectivity index (χ4n) is 2.75. The first-order valence-corrected chi connectivity index (χ1v) is 8.37. The van der Waals surface area contributed by atoms with Gasteiger partial charge in [-0.25, -0.2) is 4.68 Å². The number of nitrogens with zero attached hydrogens (tertiary/aromatic N) is 5. The second-order valence-electron chi connectivity index (χ2n) is 6.11. The van der Waals surface area contributed by atoms with Gasteiger partial charge < -0.3 is 16.4 Å². The number of aromatic nitrogens is 4. The zero-order valence-corrected chi connectivity index (χ0v) is 15.1. The van der Waals surface area contributed by atoms with Gasteiger partial charge in [0.05, 0.1) is 11.4 Å². The molecule has 140 valence electrons. The predicted octanol–water partition coefficient (Wildman–Crippen LogP) is 1.21. The average Bonchev–Trinajstić information content (AvgIpc) is 3.16. The SMILES string of the molecule is CC(C)n1nccc1-c1ncccc1COc1cc/c(=N/N)n(N)c1C=O. The Morgan fingerprint density at radius 3 is 2.78 bits per heavy atom. The number of ether oxygens (including phenoxy) is 1. The molecule has 0 amide bonds. The highest BCUT2D eigenvalue weighted by Crippen LogP contribution is 2.25. The van der Waals surface area contributed by atoms with Crippen molar-refractivity contribution in [3.8, 4) is 17.1 Å². The fourth-order valence-corrected chi connectivity index (χ4v) is 2.75. The molecule has 0 radical (unpaired) electrons. The van der Waals surface area contributed by atoms with Crippen LogP contribution in [-0.2, 0) is 6.61 Å². The van der Waals surface area contributed by atoms with Crippen LogP contribution >= 0.6 is 0 Å². The molecule has 3 aromatic heterocycles. The number of nitrogen functional groups attached to an aromatic ring is 1. The third kappa shape index (κ3) is 3.52. The molecule has 9 heteroatoms. The topological polar surface area (TPSA) is 126 Å². The van der Waals surface area contributed by atoms with Crippen molar-refractivity contribution in [3.05, 3.63) is 59.5 Å². The molecule has 0 aliphatic carbocycles. The normalized spacial score (nSPS) is 11.7. The summed E-state index contributed by atoms with van der Waals surface area (Å²) in [7, 11) is 0. The van der Waals surface area contributed by atoms with Gasteiger partial charge in [0.15, 0.2) is 11.8 Å². The van der Waals surface area contributed by atoms with Gasteiger partial charge in [0, 0.05) is 24.0 Å². The zero-order valence-electron chi connectivity index (χ0n) is 15.1. The Hall–Kier alpha value is -3.62. The lowest BCUT2D eigenvalue weighted by atomic mass is 10.1. The molecule has 4 N–H and O–H groups in total. The monoisotopic (exact) mass is 367 g/mol. The van der Waals surface area contributed by atoms with Crippen LogP contribution in [-0.4, -0.2) is 25.7 Å². The van der Waals surface area contributed by atoms with Gasteiger partial charge in [-0.05, 0) is 38.1 Å².